The maximum atomic E-state index is 13.0. The van der Waals surface area contributed by atoms with E-state index in [1.54, 1.807) is 18.2 Å². The topological polar surface area (TPSA) is 52.5 Å². The van der Waals surface area contributed by atoms with Crippen molar-refractivity contribution in [2.45, 2.75) is 13.8 Å². The lowest BCUT2D eigenvalue weighted by molar-refractivity contribution is 0.627. The number of rotatable bonds is 2. The molecular formula is C16H12FN3. The molecule has 0 fully saturated rings. The summed E-state index contributed by atoms with van der Waals surface area (Å²) < 4.78 is 14.9. The summed E-state index contributed by atoms with van der Waals surface area (Å²) >= 11 is 0. The van der Waals surface area contributed by atoms with Crippen molar-refractivity contribution in [2.24, 2.45) is 0 Å². The molecule has 0 aliphatic carbocycles. The number of nitrogens with zero attached hydrogens (tertiary/aromatic N) is 3. The molecule has 0 amide bonds. The fourth-order valence-electron chi connectivity index (χ4n) is 2.17. The lowest BCUT2D eigenvalue weighted by atomic mass is 10.1. The molecule has 0 saturated carbocycles. The number of aromatic nitrogens is 1. The summed E-state index contributed by atoms with van der Waals surface area (Å²) in [5.74, 6) is -0.285. The van der Waals surface area contributed by atoms with Gasteiger partial charge in [-0.15, -0.1) is 0 Å². The highest BCUT2D eigenvalue weighted by molar-refractivity contribution is 5.65. The molecule has 2 rings (SSSR count). The van der Waals surface area contributed by atoms with Crippen molar-refractivity contribution in [1.29, 1.82) is 10.5 Å². The van der Waals surface area contributed by atoms with Crippen LogP contribution in [0, 0.1) is 42.3 Å². The van der Waals surface area contributed by atoms with Crippen LogP contribution in [0.1, 0.15) is 17.0 Å². The molecule has 0 saturated heterocycles. The van der Waals surface area contributed by atoms with Crippen LogP contribution in [0.5, 0.6) is 0 Å². The van der Waals surface area contributed by atoms with E-state index in [1.165, 1.54) is 12.1 Å². The van der Waals surface area contributed by atoms with Gasteiger partial charge in [0.15, 0.2) is 0 Å². The summed E-state index contributed by atoms with van der Waals surface area (Å²) in [5.41, 5.74) is 3.57. The summed E-state index contributed by atoms with van der Waals surface area (Å²) in [5, 5.41) is 17.6. The third-order valence-electron chi connectivity index (χ3n) is 3.10. The zero-order chi connectivity index (χ0) is 14.7. The fourth-order valence-corrected chi connectivity index (χ4v) is 2.17. The van der Waals surface area contributed by atoms with E-state index in [4.69, 9.17) is 10.5 Å². The molecule has 0 unspecified atom stereocenters. The second-order valence-corrected chi connectivity index (χ2v) is 4.42. The highest BCUT2D eigenvalue weighted by Gasteiger charge is 2.10. The Morgan fingerprint density at radius 1 is 1.15 bits per heavy atom. The van der Waals surface area contributed by atoms with Crippen molar-refractivity contribution in [3.05, 3.63) is 58.7 Å². The van der Waals surface area contributed by atoms with E-state index in [9.17, 15) is 4.39 Å². The summed E-state index contributed by atoms with van der Waals surface area (Å²) in [4.78, 5) is 0. The number of aryl methyl sites for hydroxylation is 1. The first-order valence-electron chi connectivity index (χ1n) is 6.03. The predicted octanol–water partition coefficient (Wildman–Crippen LogP) is 3.66. The highest BCUT2D eigenvalue weighted by Crippen LogP contribution is 2.22. The molecule has 4 heteroatoms. The number of hydrogen-bond acceptors (Lipinski definition) is 2. The molecule has 98 valence electrons. The molecule has 1 aromatic heterocycles. The van der Waals surface area contributed by atoms with Crippen LogP contribution in [-0.4, -0.2) is 4.57 Å². The first-order chi connectivity index (χ1) is 9.56. The van der Waals surface area contributed by atoms with Gasteiger partial charge in [-0.1, -0.05) is 0 Å². The van der Waals surface area contributed by atoms with E-state index in [0.29, 0.717) is 0 Å². The Bertz CT molecular complexity index is 737. The first-order valence-corrected chi connectivity index (χ1v) is 6.03. The molecule has 0 aliphatic rings. The van der Waals surface area contributed by atoms with Gasteiger partial charge in [-0.2, -0.15) is 10.5 Å². The number of benzene rings is 1. The fraction of sp³-hybridized carbons (Fsp3) is 0.125. The Kier molecular flexibility index (Phi) is 3.68. The van der Waals surface area contributed by atoms with Gasteiger partial charge in [0.25, 0.3) is 0 Å². The van der Waals surface area contributed by atoms with E-state index in [-0.39, 0.29) is 11.4 Å². The van der Waals surface area contributed by atoms with Crippen molar-refractivity contribution >= 4 is 6.08 Å². The number of hydrogen-bond donors (Lipinski definition) is 0. The Morgan fingerprint density at radius 3 is 2.30 bits per heavy atom. The lowest BCUT2D eigenvalue weighted by Crippen LogP contribution is -1.99. The summed E-state index contributed by atoms with van der Waals surface area (Å²) in [7, 11) is 0. The second kappa shape index (κ2) is 5.42. The zero-order valence-electron chi connectivity index (χ0n) is 11.2. The monoisotopic (exact) mass is 265 g/mol. The quantitative estimate of drug-likeness (QED) is 0.778. The smallest absolute Gasteiger partial charge is 0.130 e. The molecule has 1 heterocycles. The maximum Gasteiger partial charge on any atom is 0.130 e. The minimum Gasteiger partial charge on any atom is -0.318 e. The molecule has 3 nitrogen and oxygen atoms in total. The van der Waals surface area contributed by atoms with Crippen LogP contribution in [-0.2, 0) is 0 Å². The van der Waals surface area contributed by atoms with Crippen LogP contribution in [0.4, 0.5) is 4.39 Å². The van der Waals surface area contributed by atoms with E-state index in [2.05, 4.69) is 0 Å². The van der Waals surface area contributed by atoms with Gasteiger partial charge in [0.1, 0.15) is 23.5 Å². The van der Waals surface area contributed by atoms with Crippen molar-refractivity contribution in [3.63, 3.8) is 0 Å². The van der Waals surface area contributed by atoms with Crippen molar-refractivity contribution in [3.8, 4) is 17.8 Å². The Labute approximate surface area is 116 Å². The standard InChI is InChI=1S/C16H12FN3/c1-11-7-14(8-13(9-18)10-19)12(2)20(11)16-5-3-15(17)4-6-16/h3-8H,1-2H3. The van der Waals surface area contributed by atoms with E-state index >= 15 is 0 Å². The van der Waals surface area contributed by atoms with Gasteiger partial charge in [0.2, 0.25) is 0 Å². The predicted molar refractivity (Wildman–Crippen MR) is 74.4 cm³/mol. The summed E-state index contributed by atoms with van der Waals surface area (Å²) in [6.45, 7) is 3.82. The molecular weight excluding hydrogens is 253 g/mol. The first kappa shape index (κ1) is 13.6. The minimum absolute atomic E-state index is 0.0596. The second-order valence-electron chi connectivity index (χ2n) is 4.42. The van der Waals surface area contributed by atoms with Gasteiger partial charge in [0.05, 0.1) is 0 Å². The van der Waals surface area contributed by atoms with Crippen LogP contribution in [0.3, 0.4) is 0 Å². The van der Waals surface area contributed by atoms with Crippen LogP contribution in [0.15, 0.2) is 35.9 Å². The largest absolute Gasteiger partial charge is 0.318 e. The van der Waals surface area contributed by atoms with Crippen LogP contribution in [0.25, 0.3) is 11.8 Å². The van der Waals surface area contributed by atoms with Crippen LogP contribution in [0.2, 0.25) is 0 Å². The SMILES string of the molecule is Cc1cc(C=C(C#N)C#N)c(C)n1-c1ccc(F)cc1. The van der Waals surface area contributed by atoms with Crippen molar-refractivity contribution in [2.75, 3.05) is 0 Å². The zero-order valence-corrected chi connectivity index (χ0v) is 11.2. The van der Waals surface area contributed by atoms with Crippen molar-refractivity contribution in [1.82, 2.24) is 4.57 Å². The number of nitriles is 2. The van der Waals surface area contributed by atoms with Gasteiger partial charge in [0, 0.05) is 17.1 Å². The van der Waals surface area contributed by atoms with Crippen LogP contribution < -0.4 is 0 Å². The third kappa shape index (κ3) is 2.46. The maximum absolute atomic E-state index is 13.0. The number of allylic oxidation sites excluding steroid dienone is 1. The molecule has 0 atom stereocenters. The minimum atomic E-state index is -0.285. The van der Waals surface area contributed by atoms with Crippen molar-refractivity contribution < 1.29 is 4.39 Å². The average Bonchev–Trinajstić information content (AvgIpc) is 2.72. The Morgan fingerprint density at radius 2 is 1.75 bits per heavy atom. The molecule has 1 aromatic carbocycles. The van der Waals surface area contributed by atoms with E-state index in [1.807, 2.05) is 36.6 Å². The molecule has 20 heavy (non-hydrogen) atoms. The van der Waals surface area contributed by atoms with Crippen LogP contribution >= 0.6 is 0 Å². The van der Waals surface area contributed by atoms with E-state index in [0.717, 1.165) is 22.6 Å². The molecule has 0 bridgehead atoms. The van der Waals surface area contributed by atoms with Gasteiger partial charge in [-0.05, 0) is 55.8 Å². The van der Waals surface area contributed by atoms with E-state index < -0.39 is 0 Å². The molecule has 0 spiro atoms. The Hall–Kier alpha value is -2.85. The highest BCUT2D eigenvalue weighted by atomic mass is 19.1. The molecule has 0 radical (unpaired) electrons. The van der Waals surface area contributed by atoms with Gasteiger partial charge in [-0.25, -0.2) is 4.39 Å². The van der Waals surface area contributed by atoms with Gasteiger partial charge >= 0.3 is 0 Å². The van der Waals surface area contributed by atoms with Gasteiger partial charge < -0.3 is 4.57 Å². The third-order valence-corrected chi connectivity index (χ3v) is 3.10. The number of halogens is 1. The Balaban J connectivity index is 2.56. The molecule has 0 aliphatic heterocycles. The molecule has 2 aromatic rings. The molecule has 0 N–H and O–H groups in total. The normalized spacial score (nSPS) is 9.65. The summed E-state index contributed by atoms with van der Waals surface area (Å²) in [6.07, 6.45) is 1.56. The summed E-state index contributed by atoms with van der Waals surface area (Å²) in [6, 6.07) is 11.8. The van der Waals surface area contributed by atoms with Gasteiger partial charge in [-0.3, -0.25) is 0 Å². The average molecular weight is 265 g/mol. The lowest BCUT2D eigenvalue weighted by Gasteiger charge is -2.09.